The van der Waals surface area contributed by atoms with E-state index in [4.69, 9.17) is 5.11 Å². The molecule has 1 rings (SSSR count). The van der Waals surface area contributed by atoms with Crippen LogP contribution >= 0.6 is 11.8 Å². The molecule has 19 heavy (non-hydrogen) atoms. The first-order chi connectivity index (χ1) is 9.10. The molecular weight excluding hydrogens is 286 g/mol. The molecule has 0 spiro atoms. The van der Waals surface area contributed by atoms with Gasteiger partial charge in [-0.3, -0.25) is 4.68 Å². The molecule has 0 aliphatic carbocycles. The number of rotatable bonds is 10. The lowest BCUT2D eigenvalue weighted by molar-refractivity contribution is 0.277. The van der Waals surface area contributed by atoms with E-state index in [1.54, 1.807) is 11.8 Å². The van der Waals surface area contributed by atoms with Gasteiger partial charge in [0.2, 0.25) is 10.0 Å². The molecule has 2 N–H and O–H groups in total. The lowest BCUT2D eigenvalue weighted by Gasteiger charge is -2.04. The topological polar surface area (TPSA) is 84.2 Å². The highest BCUT2D eigenvalue weighted by molar-refractivity contribution is 7.98. The van der Waals surface area contributed by atoms with E-state index in [1.807, 2.05) is 6.26 Å². The Morgan fingerprint density at radius 3 is 2.89 bits per heavy atom. The van der Waals surface area contributed by atoms with Crippen LogP contribution in [0.5, 0.6) is 0 Å². The number of nitrogens with zero attached hydrogens (tertiary/aromatic N) is 2. The van der Waals surface area contributed by atoms with Crippen molar-refractivity contribution in [2.24, 2.45) is 0 Å². The van der Waals surface area contributed by atoms with E-state index in [1.165, 1.54) is 17.1 Å². The van der Waals surface area contributed by atoms with Gasteiger partial charge in [-0.2, -0.15) is 16.9 Å². The molecular formula is C11H21N3O3S2. The fourth-order valence-corrected chi connectivity index (χ4v) is 3.02. The Bertz CT molecular complexity index is 460. The molecule has 0 saturated carbocycles. The van der Waals surface area contributed by atoms with Crippen LogP contribution in [0.2, 0.25) is 0 Å². The van der Waals surface area contributed by atoms with Crippen LogP contribution in [0.3, 0.4) is 0 Å². The second-order valence-corrected chi connectivity index (χ2v) is 6.87. The predicted octanol–water partition coefficient (Wildman–Crippen LogP) is 0.687. The van der Waals surface area contributed by atoms with E-state index in [0.717, 1.165) is 18.6 Å². The van der Waals surface area contributed by atoms with Gasteiger partial charge in [0, 0.05) is 25.9 Å². The second-order valence-electron chi connectivity index (χ2n) is 4.11. The first-order valence-corrected chi connectivity index (χ1v) is 9.10. The minimum atomic E-state index is -3.45. The number of aliphatic hydroxyl groups excluding tert-OH is 1. The summed E-state index contributed by atoms with van der Waals surface area (Å²) in [5.41, 5.74) is 0. The van der Waals surface area contributed by atoms with Gasteiger partial charge < -0.3 is 5.11 Å². The molecule has 6 nitrogen and oxygen atoms in total. The molecule has 1 aromatic rings. The number of thioether (sulfide) groups is 1. The zero-order valence-electron chi connectivity index (χ0n) is 11.1. The molecule has 110 valence electrons. The van der Waals surface area contributed by atoms with Crippen LogP contribution in [-0.4, -0.2) is 48.5 Å². The van der Waals surface area contributed by atoms with Gasteiger partial charge in [0.05, 0.1) is 6.20 Å². The summed E-state index contributed by atoms with van der Waals surface area (Å²) < 4.78 is 28.0. The Morgan fingerprint density at radius 2 is 2.21 bits per heavy atom. The number of sulfonamides is 1. The number of aryl methyl sites for hydroxylation is 1. The molecule has 0 saturated heterocycles. The largest absolute Gasteiger partial charge is 0.396 e. The minimum absolute atomic E-state index is 0.0651. The summed E-state index contributed by atoms with van der Waals surface area (Å²) in [5, 5.41) is 12.7. The van der Waals surface area contributed by atoms with E-state index < -0.39 is 10.0 Å². The molecule has 0 bridgehead atoms. The highest BCUT2D eigenvalue weighted by Crippen LogP contribution is 2.07. The molecule has 0 radical (unpaired) electrons. The van der Waals surface area contributed by atoms with Crippen molar-refractivity contribution in [3.8, 4) is 0 Å². The zero-order chi connectivity index (χ0) is 14.1. The minimum Gasteiger partial charge on any atom is -0.396 e. The van der Waals surface area contributed by atoms with Crippen molar-refractivity contribution in [1.29, 1.82) is 0 Å². The second kappa shape index (κ2) is 8.57. The summed E-state index contributed by atoms with van der Waals surface area (Å²) in [6.07, 6.45) is 7.24. The summed E-state index contributed by atoms with van der Waals surface area (Å²) in [5.74, 6) is 1.04. The summed E-state index contributed by atoms with van der Waals surface area (Å²) in [7, 11) is -3.45. The van der Waals surface area contributed by atoms with Crippen LogP contribution in [0.25, 0.3) is 0 Å². The van der Waals surface area contributed by atoms with E-state index in [2.05, 4.69) is 9.82 Å². The van der Waals surface area contributed by atoms with Crippen molar-refractivity contribution in [1.82, 2.24) is 14.5 Å². The van der Waals surface area contributed by atoms with Crippen molar-refractivity contribution in [3.05, 3.63) is 12.4 Å². The first kappa shape index (κ1) is 16.5. The van der Waals surface area contributed by atoms with E-state index in [9.17, 15) is 8.42 Å². The van der Waals surface area contributed by atoms with Gasteiger partial charge >= 0.3 is 0 Å². The van der Waals surface area contributed by atoms with Crippen molar-refractivity contribution in [2.45, 2.75) is 30.7 Å². The molecule has 0 aliphatic heterocycles. The van der Waals surface area contributed by atoms with Gasteiger partial charge in [-0.15, -0.1) is 0 Å². The van der Waals surface area contributed by atoms with Gasteiger partial charge in [-0.25, -0.2) is 13.1 Å². The molecule has 0 aromatic carbocycles. The maximum atomic E-state index is 11.9. The molecule has 0 amide bonds. The van der Waals surface area contributed by atoms with Crippen molar-refractivity contribution < 1.29 is 13.5 Å². The number of aromatic nitrogens is 2. The lowest BCUT2D eigenvalue weighted by Crippen LogP contribution is -2.24. The van der Waals surface area contributed by atoms with Crippen LogP contribution < -0.4 is 4.72 Å². The normalized spacial score (nSPS) is 11.9. The third-order valence-electron chi connectivity index (χ3n) is 2.53. The van der Waals surface area contributed by atoms with Gasteiger partial charge in [0.1, 0.15) is 4.90 Å². The fourth-order valence-electron chi connectivity index (χ4n) is 1.50. The van der Waals surface area contributed by atoms with Crippen molar-refractivity contribution in [2.75, 3.05) is 25.2 Å². The third kappa shape index (κ3) is 5.94. The standard InChI is InChI=1S/C11H21N3O3S2/c1-18-8-3-2-5-13-19(16,17)11-9-12-14(10-11)6-4-7-15/h9-10,13,15H,2-8H2,1H3. The summed E-state index contributed by atoms with van der Waals surface area (Å²) in [6.45, 7) is 1.03. The Morgan fingerprint density at radius 1 is 1.42 bits per heavy atom. The lowest BCUT2D eigenvalue weighted by atomic mass is 10.3. The summed E-state index contributed by atoms with van der Waals surface area (Å²) >= 11 is 1.76. The number of aliphatic hydroxyl groups is 1. The average molecular weight is 307 g/mol. The van der Waals surface area contributed by atoms with Crippen molar-refractivity contribution >= 4 is 21.8 Å². The van der Waals surface area contributed by atoms with Crippen LogP contribution in [0.15, 0.2) is 17.3 Å². The molecule has 0 aliphatic rings. The zero-order valence-corrected chi connectivity index (χ0v) is 12.7. The van der Waals surface area contributed by atoms with Gasteiger partial charge in [-0.05, 0) is 31.3 Å². The van der Waals surface area contributed by atoms with Crippen molar-refractivity contribution in [3.63, 3.8) is 0 Å². The third-order valence-corrected chi connectivity index (χ3v) is 4.65. The Balaban J connectivity index is 2.45. The number of hydrogen-bond donors (Lipinski definition) is 2. The molecule has 0 unspecified atom stereocenters. The molecule has 1 aromatic heterocycles. The maximum absolute atomic E-state index is 11.9. The van der Waals surface area contributed by atoms with Gasteiger partial charge in [-0.1, -0.05) is 0 Å². The number of nitrogens with one attached hydrogen (secondary N) is 1. The maximum Gasteiger partial charge on any atom is 0.243 e. The van der Waals surface area contributed by atoms with Crippen LogP contribution in [0.4, 0.5) is 0 Å². The van der Waals surface area contributed by atoms with Gasteiger partial charge in [0.15, 0.2) is 0 Å². The number of hydrogen-bond acceptors (Lipinski definition) is 5. The van der Waals surface area contributed by atoms with Crippen LogP contribution in [0, 0.1) is 0 Å². The fraction of sp³-hybridized carbons (Fsp3) is 0.727. The average Bonchev–Trinajstić information content (AvgIpc) is 2.85. The summed E-state index contributed by atoms with van der Waals surface area (Å²) in [4.78, 5) is 0.176. The quantitative estimate of drug-likeness (QED) is 0.621. The molecule has 0 fully saturated rings. The highest BCUT2D eigenvalue weighted by atomic mass is 32.2. The van der Waals surface area contributed by atoms with Crippen LogP contribution in [-0.2, 0) is 16.6 Å². The smallest absolute Gasteiger partial charge is 0.243 e. The predicted molar refractivity (Wildman–Crippen MR) is 76.7 cm³/mol. The SMILES string of the molecule is CSCCCCNS(=O)(=O)c1cnn(CCCO)c1. The van der Waals surface area contributed by atoms with E-state index in [0.29, 0.717) is 19.5 Å². The Labute approximate surface area is 118 Å². The van der Waals surface area contributed by atoms with E-state index in [-0.39, 0.29) is 11.5 Å². The molecule has 0 atom stereocenters. The summed E-state index contributed by atoms with van der Waals surface area (Å²) in [6, 6.07) is 0. The van der Waals surface area contributed by atoms with Crippen LogP contribution in [0.1, 0.15) is 19.3 Å². The molecule has 8 heteroatoms. The molecule has 1 heterocycles. The Hall–Kier alpha value is -0.570. The first-order valence-electron chi connectivity index (χ1n) is 6.22. The highest BCUT2D eigenvalue weighted by Gasteiger charge is 2.15. The monoisotopic (exact) mass is 307 g/mol. The number of unbranched alkanes of at least 4 members (excludes halogenated alkanes) is 1. The Kier molecular flexibility index (Phi) is 7.44. The van der Waals surface area contributed by atoms with Gasteiger partial charge in [0.25, 0.3) is 0 Å². The van der Waals surface area contributed by atoms with E-state index >= 15 is 0 Å².